The Morgan fingerprint density at radius 1 is 0.957 bits per heavy atom. The highest BCUT2D eigenvalue weighted by molar-refractivity contribution is 6.09. The Balaban J connectivity index is 2.18. The van der Waals surface area contributed by atoms with Crippen molar-refractivity contribution in [3.05, 3.63) is 65.9 Å². The molecule has 114 valence electrons. The van der Waals surface area contributed by atoms with Crippen molar-refractivity contribution in [3.8, 4) is 11.4 Å². The van der Waals surface area contributed by atoms with Crippen molar-refractivity contribution in [2.45, 2.75) is 6.92 Å². The Hall–Kier alpha value is -2.95. The Morgan fingerprint density at radius 2 is 1.70 bits per heavy atom. The molecular formula is C18H12F2N2O. The highest BCUT2D eigenvalue weighted by atomic mass is 19.1. The molecule has 4 rings (SSSR count). The second-order valence-corrected chi connectivity index (χ2v) is 5.43. The average molecular weight is 310 g/mol. The quantitative estimate of drug-likeness (QED) is 0.563. The van der Waals surface area contributed by atoms with E-state index in [0.29, 0.717) is 16.6 Å². The molecule has 4 aromatic rings. The molecular weight excluding hydrogens is 298 g/mol. The van der Waals surface area contributed by atoms with Gasteiger partial charge in [-0.3, -0.25) is 0 Å². The summed E-state index contributed by atoms with van der Waals surface area (Å²) in [6.07, 6.45) is 0. The Kier molecular flexibility index (Phi) is 2.84. The van der Waals surface area contributed by atoms with Gasteiger partial charge in [-0.25, -0.2) is 13.5 Å². The summed E-state index contributed by atoms with van der Waals surface area (Å²) < 4.78 is 28.8. The van der Waals surface area contributed by atoms with Gasteiger partial charge in [-0.1, -0.05) is 24.3 Å². The third-order valence-electron chi connectivity index (χ3n) is 3.98. The highest BCUT2D eigenvalue weighted by Gasteiger charge is 2.17. The lowest BCUT2D eigenvalue weighted by Crippen LogP contribution is -2.01. The number of hydrogen-bond acceptors (Lipinski definition) is 2. The van der Waals surface area contributed by atoms with Crippen LogP contribution in [0.1, 0.15) is 5.69 Å². The number of aryl methyl sites for hydroxylation is 1. The molecule has 23 heavy (non-hydrogen) atoms. The number of fused-ring (bicyclic) bond motifs is 3. The molecule has 0 radical (unpaired) electrons. The minimum Gasteiger partial charge on any atom is -0.507 e. The molecule has 0 saturated carbocycles. The predicted molar refractivity (Wildman–Crippen MR) is 84.9 cm³/mol. The zero-order valence-electron chi connectivity index (χ0n) is 12.2. The van der Waals surface area contributed by atoms with E-state index in [0.717, 1.165) is 16.8 Å². The molecule has 1 N–H and O–H groups in total. The van der Waals surface area contributed by atoms with Gasteiger partial charge >= 0.3 is 0 Å². The lowest BCUT2D eigenvalue weighted by molar-refractivity contribution is 0.482. The van der Waals surface area contributed by atoms with Crippen molar-refractivity contribution in [3.63, 3.8) is 0 Å². The summed E-state index contributed by atoms with van der Waals surface area (Å²) in [4.78, 5) is 0. The lowest BCUT2D eigenvalue weighted by atomic mass is 10.0. The van der Waals surface area contributed by atoms with Gasteiger partial charge in [0.05, 0.1) is 11.2 Å². The summed E-state index contributed by atoms with van der Waals surface area (Å²) in [6.45, 7) is 1.79. The van der Waals surface area contributed by atoms with Gasteiger partial charge in [-0.15, -0.1) is 0 Å². The molecule has 3 nitrogen and oxygen atoms in total. The number of nitrogens with zero attached hydrogens (tertiary/aromatic N) is 2. The van der Waals surface area contributed by atoms with Crippen LogP contribution in [0.15, 0.2) is 48.5 Å². The van der Waals surface area contributed by atoms with Crippen molar-refractivity contribution < 1.29 is 13.9 Å². The first kappa shape index (κ1) is 13.7. The summed E-state index contributed by atoms with van der Waals surface area (Å²) in [5.74, 6) is -1.18. The molecule has 1 aromatic heterocycles. The fourth-order valence-corrected chi connectivity index (χ4v) is 2.93. The highest BCUT2D eigenvalue weighted by Crippen LogP contribution is 2.35. The third kappa shape index (κ3) is 1.97. The number of halogens is 2. The Bertz CT molecular complexity index is 1070. The Morgan fingerprint density at radius 3 is 2.43 bits per heavy atom. The SMILES string of the molecule is Cc1nn(-c2ccc(F)cc2F)c2c1cc(O)c1ccccc12. The van der Waals surface area contributed by atoms with Crippen LogP contribution in [0.3, 0.4) is 0 Å². The predicted octanol–water partition coefficient (Wildman–Crippen LogP) is 4.47. The fourth-order valence-electron chi connectivity index (χ4n) is 2.93. The van der Waals surface area contributed by atoms with Gasteiger partial charge in [0.15, 0.2) is 5.82 Å². The largest absolute Gasteiger partial charge is 0.507 e. The molecule has 0 aliphatic rings. The summed E-state index contributed by atoms with van der Waals surface area (Å²) >= 11 is 0. The summed E-state index contributed by atoms with van der Waals surface area (Å²) in [6, 6.07) is 12.3. The minimum atomic E-state index is -0.688. The molecule has 0 bridgehead atoms. The van der Waals surface area contributed by atoms with Gasteiger partial charge in [0, 0.05) is 22.2 Å². The van der Waals surface area contributed by atoms with Crippen LogP contribution in [0.25, 0.3) is 27.4 Å². The summed E-state index contributed by atoms with van der Waals surface area (Å²) in [7, 11) is 0. The van der Waals surface area contributed by atoms with E-state index in [2.05, 4.69) is 5.10 Å². The lowest BCUT2D eigenvalue weighted by Gasteiger charge is -2.08. The van der Waals surface area contributed by atoms with Crippen LogP contribution in [-0.2, 0) is 0 Å². The van der Waals surface area contributed by atoms with E-state index in [9.17, 15) is 13.9 Å². The summed E-state index contributed by atoms with van der Waals surface area (Å²) in [5, 5.41) is 16.7. The van der Waals surface area contributed by atoms with Crippen molar-refractivity contribution in [2.75, 3.05) is 0 Å². The van der Waals surface area contributed by atoms with Crippen LogP contribution < -0.4 is 0 Å². The maximum absolute atomic E-state index is 14.2. The molecule has 0 aliphatic heterocycles. The number of rotatable bonds is 1. The minimum absolute atomic E-state index is 0.148. The smallest absolute Gasteiger partial charge is 0.151 e. The van der Waals surface area contributed by atoms with E-state index in [4.69, 9.17) is 0 Å². The maximum Gasteiger partial charge on any atom is 0.151 e. The topological polar surface area (TPSA) is 38.0 Å². The molecule has 0 atom stereocenters. The van der Waals surface area contributed by atoms with Crippen LogP contribution in [0.2, 0.25) is 0 Å². The van der Waals surface area contributed by atoms with Gasteiger partial charge in [-0.2, -0.15) is 5.10 Å². The van der Waals surface area contributed by atoms with E-state index in [-0.39, 0.29) is 11.4 Å². The summed E-state index contributed by atoms with van der Waals surface area (Å²) in [5.41, 5.74) is 1.51. The van der Waals surface area contributed by atoms with Crippen LogP contribution in [0, 0.1) is 18.6 Å². The maximum atomic E-state index is 14.2. The van der Waals surface area contributed by atoms with Gasteiger partial charge in [0.2, 0.25) is 0 Å². The molecule has 0 amide bonds. The van der Waals surface area contributed by atoms with E-state index < -0.39 is 11.6 Å². The van der Waals surface area contributed by atoms with Gasteiger partial charge in [0.25, 0.3) is 0 Å². The number of hydrogen-bond donors (Lipinski definition) is 1. The molecule has 0 fully saturated rings. The van der Waals surface area contributed by atoms with Gasteiger partial charge < -0.3 is 5.11 Å². The zero-order valence-corrected chi connectivity index (χ0v) is 12.2. The van der Waals surface area contributed by atoms with Gasteiger partial charge in [-0.05, 0) is 25.1 Å². The van der Waals surface area contributed by atoms with Crippen molar-refractivity contribution in [1.82, 2.24) is 9.78 Å². The molecule has 5 heteroatoms. The first-order valence-corrected chi connectivity index (χ1v) is 7.12. The zero-order chi connectivity index (χ0) is 16.1. The number of phenolic OH excluding ortho intramolecular Hbond substituents is 1. The Labute approximate surface area is 130 Å². The van der Waals surface area contributed by atoms with Crippen LogP contribution in [0.5, 0.6) is 5.75 Å². The normalized spacial score (nSPS) is 11.4. The monoisotopic (exact) mass is 310 g/mol. The van der Waals surface area contributed by atoms with E-state index in [1.165, 1.54) is 16.8 Å². The number of aromatic hydroxyl groups is 1. The standard InChI is InChI=1S/C18H12F2N2O/c1-10-14-9-17(23)12-4-2-3-5-13(12)18(14)22(21-10)16-7-6-11(19)8-15(16)20/h2-9,23H,1H3. The second kappa shape index (κ2) is 4.78. The van der Waals surface area contributed by atoms with Crippen LogP contribution >= 0.6 is 0 Å². The van der Waals surface area contributed by atoms with Crippen molar-refractivity contribution in [2.24, 2.45) is 0 Å². The van der Waals surface area contributed by atoms with Crippen molar-refractivity contribution >= 4 is 21.7 Å². The van der Waals surface area contributed by atoms with Crippen LogP contribution in [0.4, 0.5) is 8.78 Å². The van der Waals surface area contributed by atoms with Gasteiger partial charge in [0.1, 0.15) is 17.3 Å². The number of benzene rings is 3. The van der Waals surface area contributed by atoms with E-state index in [1.807, 2.05) is 18.2 Å². The fraction of sp³-hybridized carbons (Fsp3) is 0.0556. The molecule has 0 saturated heterocycles. The van der Waals surface area contributed by atoms with E-state index >= 15 is 0 Å². The van der Waals surface area contributed by atoms with E-state index in [1.54, 1.807) is 19.1 Å². The first-order chi connectivity index (χ1) is 11.1. The molecule has 3 aromatic carbocycles. The third-order valence-corrected chi connectivity index (χ3v) is 3.98. The van der Waals surface area contributed by atoms with Crippen LogP contribution in [-0.4, -0.2) is 14.9 Å². The molecule has 0 spiro atoms. The van der Waals surface area contributed by atoms with Crippen molar-refractivity contribution in [1.29, 1.82) is 0 Å². The molecule has 0 aliphatic carbocycles. The molecule has 0 unspecified atom stereocenters. The number of aromatic nitrogens is 2. The number of phenols is 1. The second-order valence-electron chi connectivity index (χ2n) is 5.43. The molecule has 1 heterocycles. The first-order valence-electron chi connectivity index (χ1n) is 7.12. The average Bonchev–Trinajstić information content (AvgIpc) is 2.85.